The molecule has 0 unspecified atom stereocenters. The highest BCUT2D eigenvalue weighted by Crippen LogP contribution is 2.24. The SMILES string of the molecule is CO/N=C(/c1ccccn1)C1CCN(CC(=O)C2CCN(Cc3ccnc(N)c3)CC2)CC1. The summed E-state index contributed by atoms with van der Waals surface area (Å²) in [6, 6.07) is 9.79. The molecule has 0 aromatic carbocycles. The molecule has 0 bridgehead atoms. The highest BCUT2D eigenvalue weighted by Gasteiger charge is 2.30. The van der Waals surface area contributed by atoms with Gasteiger partial charge in [0, 0.05) is 30.8 Å². The van der Waals surface area contributed by atoms with Gasteiger partial charge in [-0.25, -0.2) is 4.98 Å². The highest BCUT2D eigenvalue weighted by atomic mass is 16.6. The minimum absolute atomic E-state index is 0.167. The summed E-state index contributed by atoms with van der Waals surface area (Å²) in [4.78, 5) is 31.3. The Balaban J connectivity index is 1.22. The normalized spacial score (nSPS) is 19.5. The number of piperidine rings is 2. The topological polar surface area (TPSA) is 96.9 Å². The van der Waals surface area contributed by atoms with E-state index in [2.05, 4.69) is 24.9 Å². The van der Waals surface area contributed by atoms with Crippen LogP contribution in [0.2, 0.25) is 0 Å². The molecule has 4 heterocycles. The van der Waals surface area contributed by atoms with Crippen LogP contribution in [0.15, 0.2) is 47.9 Å². The van der Waals surface area contributed by atoms with E-state index in [9.17, 15) is 4.79 Å². The fourth-order valence-electron chi connectivity index (χ4n) is 4.92. The summed E-state index contributed by atoms with van der Waals surface area (Å²) in [5.74, 6) is 1.41. The number of carbonyl (C=O) groups excluding carboxylic acids is 1. The number of nitrogens with zero attached hydrogens (tertiary/aromatic N) is 5. The van der Waals surface area contributed by atoms with E-state index in [4.69, 9.17) is 10.6 Å². The number of ketones is 1. The van der Waals surface area contributed by atoms with Crippen LogP contribution in [0.4, 0.5) is 5.82 Å². The number of aromatic nitrogens is 2. The molecule has 2 N–H and O–H groups in total. The number of anilines is 1. The van der Waals surface area contributed by atoms with Gasteiger partial charge in [0.05, 0.1) is 12.2 Å². The van der Waals surface area contributed by atoms with E-state index in [1.807, 2.05) is 30.3 Å². The molecule has 0 spiro atoms. The Morgan fingerprint density at radius 1 is 1.03 bits per heavy atom. The lowest BCUT2D eigenvalue weighted by Gasteiger charge is -2.34. The third kappa shape index (κ3) is 6.36. The maximum Gasteiger partial charge on any atom is 0.149 e. The maximum absolute atomic E-state index is 13.0. The third-order valence-electron chi connectivity index (χ3n) is 6.77. The van der Waals surface area contributed by atoms with E-state index in [1.54, 1.807) is 19.5 Å². The average Bonchev–Trinajstić information content (AvgIpc) is 2.84. The van der Waals surface area contributed by atoms with Crippen molar-refractivity contribution in [1.29, 1.82) is 0 Å². The minimum Gasteiger partial charge on any atom is -0.399 e. The lowest BCUT2D eigenvalue weighted by atomic mass is 9.88. The summed E-state index contributed by atoms with van der Waals surface area (Å²) in [5.41, 5.74) is 8.75. The number of rotatable bonds is 8. The largest absolute Gasteiger partial charge is 0.399 e. The van der Waals surface area contributed by atoms with E-state index < -0.39 is 0 Å². The summed E-state index contributed by atoms with van der Waals surface area (Å²) >= 11 is 0. The average molecular weight is 451 g/mol. The molecule has 2 aliphatic rings. The lowest BCUT2D eigenvalue weighted by molar-refractivity contribution is -0.125. The predicted molar refractivity (Wildman–Crippen MR) is 129 cm³/mol. The number of Topliss-reactive ketones (excluding diaryl/α,β-unsaturated/α-hetero) is 1. The number of hydrogen-bond acceptors (Lipinski definition) is 8. The summed E-state index contributed by atoms with van der Waals surface area (Å²) in [5, 5.41) is 4.27. The molecule has 0 aliphatic carbocycles. The van der Waals surface area contributed by atoms with Crippen molar-refractivity contribution >= 4 is 17.3 Å². The summed E-state index contributed by atoms with van der Waals surface area (Å²) in [6.45, 7) is 5.10. The molecule has 2 aliphatic heterocycles. The van der Waals surface area contributed by atoms with Crippen molar-refractivity contribution in [1.82, 2.24) is 19.8 Å². The third-order valence-corrected chi connectivity index (χ3v) is 6.77. The van der Waals surface area contributed by atoms with E-state index in [-0.39, 0.29) is 5.92 Å². The standard InChI is InChI=1S/C25H34N6O2/c1-33-29-25(22-4-2-3-10-27-22)21-8-14-31(15-9-21)18-23(32)20-6-12-30(13-7-20)17-19-5-11-28-24(26)16-19/h2-5,10-11,16,20-21H,6-9,12-15,17-18H2,1H3,(H2,26,28)/b29-25+. The second kappa shape index (κ2) is 11.3. The van der Waals surface area contributed by atoms with Crippen molar-refractivity contribution in [3.05, 3.63) is 54.0 Å². The first kappa shape index (κ1) is 23.3. The molecular weight excluding hydrogens is 416 g/mol. The van der Waals surface area contributed by atoms with Gasteiger partial charge in [0.2, 0.25) is 0 Å². The van der Waals surface area contributed by atoms with Crippen molar-refractivity contribution in [2.75, 3.05) is 45.6 Å². The fraction of sp³-hybridized carbons (Fsp3) is 0.520. The van der Waals surface area contributed by atoms with Gasteiger partial charge in [0.25, 0.3) is 0 Å². The van der Waals surface area contributed by atoms with Crippen LogP contribution in [0, 0.1) is 11.8 Å². The number of nitrogens with two attached hydrogens (primary N) is 1. The molecular formula is C25H34N6O2. The van der Waals surface area contributed by atoms with E-state index in [0.717, 1.165) is 69.8 Å². The highest BCUT2D eigenvalue weighted by molar-refractivity contribution is 6.00. The zero-order valence-corrected chi connectivity index (χ0v) is 19.4. The van der Waals surface area contributed by atoms with Crippen LogP contribution in [-0.2, 0) is 16.2 Å². The Labute approximate surface area is 195 Å². The van der Waals surface area contributed by atoms with Crippen LogP contribution in [0.1, 0.15) is 36.9 Å². The molecule has 0 radical (unpaired) electrons. The Morgan fingerprint density at radius 3 is 2.42 bits per heavy atom. The molecule has 2 aromatic rings. The van der Waals surface area contributed by atoms with Gasteiger partial charge >= 0.3 is 0 Å². The van der Waals surface area contributed by atoms with Gasteiger partial charge in [-0.1, -0.05) is 11.2 Å². The smallest absolute Gasteiger partial charge is 0.149 e. The molecule has 8 heteroatoms. The Bertz CT molecular complexity index is 935. The minimum atomic E-state index is 0.167. The first-order valence-corrected chi connectivity index (χ1v) is 11.8. The van der Waals surface area contributed by atoms with Crippen molar-refractivity contribution in [2.45, 2.75) is 32.2 Å². The second-order valence-electron chi connectivity index (χ2n) is 9.03. The molecule has 4 rings (SSSR count). The Morgan fingerprint density at radius 2 is 1.76 bits per heavy atom. The number of nitrogen functional groups attached to an aromatic ring is 1. The van der Waals surface area contributed by atoms with Gasteiger partial charge in [-0.15, -0.1) is 0 Å². The monoisotopic (exact) mass is 450 g/mol. The van der Waals surface area contributed by atoms with Crippen molar-refractivity contribution in [2.24, 2.45) is 17.0 Å². The molecule has 8 nitrogen and oxygen atoms in total. The van der Waals surface area contributed by atoms with Gasteiger partial charge in [-0.2, -0.15) is 0 Å². The summed E-state index contributed by atoms with van der Waals surface area (Å²) < 4.78 is 0. The zero-order chi connectivity index (χ0) is 23.0. The quantitative estimate of drug-likeness (QED) is 0.488. The number of carbonyl (C=O) groups is 1. The van der Waals surface area contributed by atoms with Crippen molar-refractivity contribution in [3.63, 3.8) is 0 Å². The number of hydrogen-bond donors (Lipinski definition) is 1. The van der Waals surface area contributed by atoms with E-state index >= 15 is 0 Å². The molecule has 0 amide bonds. The van der Waals surface area contributed by atoms with Gasteiger partial charge in [-0.05, 0) is 81.7 Å². The molecule has 2 fully saturated rings. The van der Waals surface area contributed by atoms with Gasteiger partial charge < -0.3 is 10.6 Å². The van der Waals surface area contributed by atoms with Crippen molar-refractivity contribution in [3.8, 4) is 0 Å². The van der Waals surface area contributed by atoms with Gasteiger partial charge in [0.1, 0.15) is 24.4 Å². The van der Waals surface area contributed by atoms with Gasteiger partial charge in [-0.3, -0.25) is 19.6 Å². The molecule has 2 aromatic heterocycles. The van der Waals surface area contributed by atoms with Crippen LogP contribution in [0.5, 0.6) is 0 Å². The van der Waals surface area contributed by atoms with Crippen LogP contribution in [-0.4, -0.2) is 71.1 Å². The zero-order valence-electron chi connectivity index (χ0n) is 19.4. The molecule has 0 saturated carbocycles. The predicted octanol–water partition coefficient (Wildman–Crippen LogP) is 2.60. The second-order valence-corrected chi connectivity index (χ2v) is 9.03. The number of pyridine rings is 2. The Hall–Kier alpha value is -2.84. The fourth-order valence-corrected chi connectivity index (χ4v) is 4.92. The molecule has 0 atom stereocenters. The summed E-state index contributed by atoms with van der Waals surface area (Å²) in [6.07, 6.45) is 7.32. The molecule has 2 saturated heterocycles. The van der Waals surface area contributed by atoms with Crippen LogP contribution in [0.25, 0.3) is 0 Å². The number of likely N-dealkylation sites (tertiary alicyclic amines) is 2. The van der Waals surface area contributed by atoms with Crippen molar-refractivity contribution < 1.29 is 9.63 Å². The lowest BCUT2D eigenvalue weighted by Crippen LogP contribution is -2.43. The van der Waals surface area contributed by atoms with Gasteiger partial charge in [0.15, 0.2) is 0 Å². The van der Waals surface area contributed by atoms with Crippen LogP contribution >= 0.6 is 0 Å². The first-order valence-electron chi connectivity index (χ1n) is 11.8. The maximum atomic E-state index is 13.0. The number of oxime groups is 1. The van der Waals surface area contributed by atoms with E-state index in [0.29, 0.717) is 24.1 Å². The molecule has 33 heavy (non-hydrogen) atoms. The Kier molecular flexibility index (Phi) is 8.01. The summed E-state index contributed by atoms with van der Waals surface area (Å²) in [7, 11) is 1.58. The molecule has 176 valence electrons. The first-order chi connectivity index (χ1) is 16.1. The van der Waals surface area contributed by atoms with E-state index in [1.165, 1.54) is 5.56 Å². The van der Waals surface area contributed by atoms with Crippen LogP contribution in [0.3, 0.4) is 0 Å². The van der Waals surface area contributed by atoms with Crippen LogP contribution < -0.4 is 5.73 Å².